The van der Waals surface area contributed by atoms with Gasteiger partial charge in [0, 0.05) is 32.4 Å². The number of hydrogen-bond donors (Lipinski definition) is 1. The van der Waals surface area contributed by atoms with Gasteiger partial charge in [0.25, 0.3) is 0 Å². The van der Waals surface area contributed by atoms with E-state index in [1.807, 2.05) is 6.07 Å². The Hall–Kier alpha value is -1.20. The Morgan fingerprint density at radius 3 is 3.06 bits per heavy atom. The quantitative estimate of drug-likeness (QED) is 0.846. The molecule has 1 aliphatic heterocycles. The smallest absolute Gasteiger partial charge is 0.225 e. The van der Waals surface area contributed by atoms with E-state index in [1.54, 1.807) is 13.3 Å². The van der Waals surface area contributed by atoms with Gasteiger partial charge >= 0.3 is 0 Å². The summed E-state index contributed by atoms with van der Waals surface area (Å²) in [7, 11) is 1.78. The lowest BCUT2D eigenvalue weighted by Gasteiger charge is -2.37. The molecule has 94 valence electrons. The number of hydrogen-bond acceptors (Lipinski definition) is 5. The van der Waals surface area contributed by atoms with Crippen LogP contribution in [0.1, 0.15) is 25.5 Å². The van der Waals surface area contributed by atoms with Gasteiger partial charge in [-0.1, -0.05) is 0 Å². The molecule has 0 bridgehead atoms. The maximum Gasteiger partial charge on any atom is 0.225 e. The predicted molar refractivity (Wildman–Crippen MR) is 66.8 cm³/mol. The van der Waals surface area contributed by atoms with Crippen LogP contribution in [0.5, 0.6) is 0 Å². The summed E-state index contributed by atoms with van der Waals surface area (Å²) in [6.07, 6.45) is 4.18. The van der Waals surface area contributed by atoms with Crippen LogP contribution >= 0.6 is 0 Å². The van der Waals surface area contributed by atoms with Crippen molar-refractivity contribution in [3.63, 3.8) is 0 Å². The van der Waals surface area contributed by atoms with Crippen molar-refractivity contribution < 1.29 is 4.74 Å². The van der Waals surface area contributed by atoms with Crippen LogP contribution in [0.15, 0.2) is 12.3 Å². The summed E-state index contributed by atoms with van der Waals surface area (Å²) >= 11 is 0. The molecule has 2 rings (SSSR count). The van der Waals surface area contributed by atoms with Crippen LogP contribution < -0.4 is 10.6 Å². The topological polar surface area (TPSA) is 64.3 Å². The second-order valence-electron chi connectivity index (χ2n) is 4.48. The maximum atomic E-state index is 5.60. The molecule has 1 aliphatic rings. The summed E-state index contributed by atoms with van der Waals surface area (Å²) in [5, 5.41) is 0. The van der Waals surface area contributed by atoms with Crippen molar-refractivity contribution in [2.75, 3.05) is 18.6 Å². The van der Waals surface area contributed by atoms with Crippen molar-refractivity contribution in [2.24, 2.45) is 5.73 Å². The molecule has 1 saturated heterocycles. The van der Waals surface area contributed by atoms with Crippen LogP contribution in [0.25, 0.3) is 0 Å². The minimum Gasteiger partial charge on any atom is -0.381 e. The van der Waals surface area contributed by atoms with E-state index >= 15 is 0 Å². The Balaban J connectivity index is 2.11. The zero-order valence-corrected chi connectivity index (χ0v) is 10.5. The Morgan fingerprint density at radius 2 is 2.41 bits per heavy atom. The highest BCUT2D eigenvalue weighted by molar-refractivity contribution is 5.32. The van der Waals surface area contributed by atoms with Gasteiger partial charge in [-0.25, -0.2) is 9.97 Å². The number of rotatable bonds is 3. The lowest BCUT2D eigenvalue weighted by molar-refractivity contribution is 0.0717. The number of methoxy groups -OCH3 is 1. The minimum absolute atomic E-state index is 0.360. The molecule has 2 heterocycles. The molecule has 1 aromatic heterocycles. The summed E-state index contributed by atoms with van der Waals surface area (Å²) in [6.45, 7) is 3.58. The molecule has 2 unspecified atom stereocenters. The van der Waals surface area contributed by atoms with Crippen molar-refractivity contribution >= 4 is 5.95 Å². The number of nitrogens with two attached hydrogens (primary N) is 1. The van der Waals surface area contributed by atoms with E-state index in [1.165, 1.54) is 0 Å². The molecule has 2 N–H and O–H groups in total. The van der Waals surface area contributed by atoms with Crippen LogP contribution in [-0.4, -0.2) is 35.8 Å². The SMILES string of the molecule is COC1CCN(c2nccc(CN)n2)C(C)C1. The molecule has 5 nitrogen and oxygen atoms in total. The van der Waals surface area contributed by atoms with Crippen molar-refractivity contribution in [3.05, 3.63) is 18.0 Å². The summed E-state index contributed by atoms with van der Waals surface area (Å²) < 4.78 is 5.40. The summed E-state index contributed by atoms with van der Waals surface area (Å²) in [6, 6.07) is 2.26. The highest BCUT2D eigenvalue weighted by Crippen LogP contribution is 2.23. The number of piperidine rings is 1. The fourth-order valence-electron chi connectivity index (χ4n) is 2.28. The average Bonchev–Trinajstić information content (AvgIpc) is 2.38. The largest absolute Gasteiger partial charge is 0.381 e. The molecule has 0 aromatic carbocycles. The Kier molecular flexibility index (Phi) is 3.91. The van der Waals surface area contributed by atoms with Gasteiger partial charge in [-0.3, -0.25) is 0 Å². The first kappa shape index (κ1) is 12.3. The summed E-state index contributed by atoms with van der Waals surface area (Å²) in [4.78, 5) is 11.0. The highest BCUT2D eigenvalue weighted by Gasteiger charge is 2.26. The number of nitrogens with zero attached hydrogens (tertiary/aromatic N) is 3. The molecular weight excluding hydrogens is 216 g/mol. The molecule has 0 aliphatic carbocycles. The number of anilines is 1. The highest BCUT2D eigenvalue weighted by atomic mass is 16.5. The van der Waals surface area contributed by atoms with Gasteiger partial charge in [-0.2, -0.15) is 0 Å². The third-order valence-corrected chi connectivity index (χ3v) is 3.33. The Bertz CT molecular complexity index is 371. The molecule has 0 amide bonds. The van der Waals surface area contributed by atoms with Gasteiger partial charge in [-0.15, -0.1) is 0 Å². The second-order valence-corrected chi connectivity index (χ2v) is 4.48. The fourth-order valence-corrected chi connectivity index (χ4v) is 2.28. The van der Waals surface area contributed by atoms with Crippen molar-refractivity contribution in [2.45, 2.75) is 38.5 Å². The van der Waals surface area contributed by atoms with E-state index < -0.39 is 0 Å². The van der Waals surface area contributed by atoms with Gasteiger partial charge in [0.1, 0.15) is 0 Å². The first-order valence-electron chi connectivity index (χ1n) is 6.06. The predicted octanol–water partition coefficient (Wildman–Crippen LogP) is 0.939. The van der Waals surface area contributed by atoms with Gasteiger partial charge in [0.05, 0.1) is 11.8 Å². The fraction of sp³-hybridized carbons (Fsp3) is 0.667. The van der Waals surface area contributed by atoms with E-state index in [-0.39, 0.29) is 0 Å². The van der Waals surface area contributed by atoms with Crippen molar-refractivity contribution in [1.29, 1.82) is 0 Å². The zero-order chi connectivity index (χ0) is 12.3. The van der Waals surface area contributed by atoms with Crippen LogP contribution in [0.4, 0.5) is 5.95 Å². The molecule has 0 radical (unpaired) electrons. The lowest BCUT2D eigenvalue weighted by Crippen LogP contribution is -2.44. The van der Waals surface area contributed by atoms with E-state index in [9.17, 15) is 0 Å². The van der Waals surface area contributed by atoms with Crippen LogP contribution in [-0.2, 0) is 11.3 Å². The average molecular weight is 236 g/mol. The van der Waals surface area contributed by atoms with Crippen LogP contribution in [0, 0.1) is 0 Å². The van der Waals surface area contributed by atoms with E-state index in [0.717, 1.165) is 31.0 Å². The Morgan fingerprint density at radius 1 is 1.59 bits per heavy atom. The zero-order valence-electron chi connectivity index (χ0n) is 10.5. The molecule has 1 aromatic rings. The van der Waals surface area contributed by atoms with Gasteiger partial charge in [0.15, 0.2) is 0 Å². The normalized spacial score (nSPS) is 25.0. The molecule has 17 heavy (non-hydrogen) atoms. The minimum atomic E-state index is 0.360. The summed E-state index contributed by atoms with van der Waals surface area (Å²) in [5.41, 5.74) is 6.48. The van der Waals surface area contributed by atoms with Gasteiger partial charge < -0.3 is 15.4 Å². The number of ether oxygens (including phenoxy) is 1. The first-order chi connectivity index (χ1) is 8.24. The standard InChI is InChI=1S/C12H20N4O/c1-9-7-11(17-2)4-6-16(9)12-14-5-3-10(8-13)15-12/h3,5,9,11H,4,6-8,13H2,1-2H3. The monoisotopic (exact) mass is 236 g/mol. The van der Waals surface area contributed by atoms with Gasteiger partial charge in [0.2, 0.25) is 5.95 Å². The van der Waals surface area contributed by atoms with Gasteiger partial charge in [-0.05, 0) is 25.8 Å². The molecule has 1 fully saturated rings. The van der Waals surface area contributed by atoms with Crippen LogP contribution in [0.2, 0.25) is 0 Å². The Labute approximate surface area is 102 Å². The first-order valence-corrected chi connectivity index (χ1v) is 6.06. The van der Waals surface area contributed by atoms with E-state index in [0.29, 0.717) is 18.7 Å². The van der Waals surface area contributed by atoms with E-state index in [4.69, 9.17) is 10.5 Å². The van der Waals surface area contributed by atoms with Crippen molar-refractivity contribution in [1.82, 2.24) is 9.97 Å². The second kappa shape index (κ2) is 5.42. The molecular formula is C12H20N4O. The van der Waals surface area contributed by atoms with E-state index in [2.05, 4.69) is 21.8 Å². The van der Waals surface area contributed by atoms with Crippen LogP contribution in [0.3, 0.4) is 0 Å². The third-order valence-electron chi connectivity index (χ3n) is 3.33. The molecule has 0 spiro atoms. The number of aromatic nitrogens is 2. The molecule has 0 saturated carbocycles. The summed E-state index contributed by atoms with van der Waals surface area (Å²) in [5.74, 6) is 0.787. The lowest BCUT2D eigenvalue weighted by atomic mass is 10.0. The third kappa shape index (κ3) is 2.73. The molecule has 5 heteroatoms. The maximum absolute atomic E-state index is 5.60. The van der Waals surface area contributed by atoms with Crippen molar-refractivity contribution in [3.8, 4) is 0 Å². The molecule has 2 atom stereocenters.